The van der Waals surface area contributed by atoms with E-state index >= 15 is 0 Å². The van der Waals surface area contributed by atoms with Crippen LogP contribution in [0.1, 0.15) is 46.7 Å². The van der Waals surface area contributed by atoms with Gasteiger partial charge in [-0.15, -0.1) is 0 Å². The maximum absolute atomic E-state index is 11.8. The fourth-order valence-electron chi connectivity index (χ4n) is 2.69. The van der Waals surface area contributed by atoms with Crippen molar-refractivity contribution in [1.29, 1.82) is 0 Å². The normalized spacial score (nSPS) is 12.4. The number of pyridine rings is 1. The first-order chi connectivity index (χ1) is 15.8. The molecule has 0 saturated heterocycles. The van der Waals surface area contributed by atoms with E-state index in [0.717, 1.165) is 10.9 Å². The van der Waals surface area contributed by atoms with Gasteiger partial charge in [0.15, 0.2) is 0 Å². The minimum atomic E-state index is -1.13. The highest BCUT2D eigenvalue weighted by Gasteiger charge is 2.24. The van der Waals surface area contributed by atoms with Gasteiger partial charge in [-0.2, -0.15) is 0 Å². The van der Waals surface area contributed by atoms with Gasteiger partial charge in [-0.1, -0.05) is 38.1 Å². The number of fused-ring (bicyclic) bond motifs is 1. The predicted octanol–water partition coefficient (Wildman–Crippen LogP) is 2.26. The topological polar surface area (TPSA) is 172 Å². The quantitative estimate of drug-likeness (QED) is 0.377. The minimum absolute atomic E-state index is 0.0827. The molecule has 11 heteroatoms. The molecule has 1 heterocycles. The third kappa shape index (κ3) is 12.8. The molecule has 0 spiro atoms. The Morgan fingerprint density at radius 3 is 2.12 bits per heavy atom. The van der Waals surface area contributed by atoms with E-state index in [-0.39, 0.29) is 6.42 Å². The molecule has 6 N–H and O–H groups in total. The van der Waals surface area contributed by atoms with Crippen LogP contribution in [0.4, 0.5) is 4.79 Å². The molecule has 0 fully saturated rings. The summed E-state index contributed by atoms with van der Waals surface area (Å²) in [7, 11) is 3.50. The number of alkyl carbamates (subject to hydrolysis) is 1. The van der Waals surface area contributed by atoms with Crippen LogP contribution in [0.15, 0.2) is 36.4 Å². The van der Waals surface area contributed by atoms with Crippen LogP contribution in [0, 0.1) is 5.92 Å². The Hall–Kier alpha value is -3.18. The van der Waals surface area contributed by atoms with Gasteiger partial charge in [-0.05, 0) is 45.2 Å². The van der Waals surface area contributed by atoms with E-state index in [9.17, 15) is 19.5 Å². The minimum Gasteiger partial charge on any atom is -0.480 e. The maximum atomic E-state index is 11.8. The number of nitrogens with zero attached hydrogens (tertiary/aromatic N) is 1. The lowest BCUT2D eigenvalue weighted by Crippen LogP contribution is -2.44. The summed E-state index contributed by atoms with van der Waals surface area (Å²) < 4.78 is 5.09. The predicted molar refractivity (Wildman–Crippen MR) is 129 cm³/mol. The molecule has 10 nitrogen and oxygen atoms in total. The number of carbonyl (C=O) groups is 3. The largest absolute Gasteiger partial charge is 0.480 e. The number of aromatic nitrogens is 1. The number of hydrogen-bond donors (Lipinski definition) is 5. The summed E-state index contributed by atoms with van der Waals surface area (Å²) in [4.78, 5) is 37.7. The van der Waals surface area contributed by atoms with Crippen molar-refractivity contribution in [2.45, 2.75) is 65.1 Å². The number of nitrogens with two attached hydrogens (primary N) is 1. The summed E-state index contributed by atoms with van der Waals surface area (Å²) in [5.41, 5.74) is 5.91. The standard InChI is InChI=1S/C17H20N2O4.C6H13NO2.BHO/c1-17(2,3)23-16(22)19-14(15(20)21)10-12-9-8-11-6-4-5-7-13(11)18-12;1-4(2)3-5(7)6(8)9;1-2/h4-9,14H,10H2,1-3H3,(H,19,22)(H,20,21);4-5H,3,7H2,1-2H3,(H,8,9);2H/t14-;5-;/m00./s1. The van der Waals surface area contributed by atoms with Gasteiger partial charge in [0.05, 0.1) is 5.52 Å². The molecule has 0 unspecified atom stereocenters. The molecule has 0 aliphatic heterocycles. The highest BCUT2D eigenvalue weighted by atomic mass is 16.6. The fourth-order valence-corrected chi connectivity index (χ4v) is 2.69. The van der Waals surface area contributed by atoms with Crippen LogP contribution in [0.5, 0.6) is 0 Å². The number of hydrogen-bond acceptors (Lipinski definition) is 7. The Kier molecular flexibility index (Phi) is 13.5. The number of benzene rings is 1. The molecular weight excluding hydrogens is 441 g/mol. The average Bonchev–Trinajstić information content (AvgIpc) is 2.73. The third-order valence-electron chi connectivity index (χ3n) is 4.10. The molecular formula is C23H34BN3O7. The molecule has 2 atom stereocenters. The number of carboxylic acid groups (broad SMARTS) is 2. The Morgan fingerprint density at radius 1 is 1.06 bits per heavy atom. The molecule has 1 aromatic carbocycles. The average molecular weight is 475 g/mol. The zero-order chi connectivity index (χ0) is 26.5. The van der Waals surface area contributed by atoms with Gasteiger partial charge in [0.25, 0.3) is 8.05 Å². The van der Waals surface area contributed by atoms with E-state index in [4.69, 9.17) is 20.6 Å². The number of para-hydroxylation sites is 1. The third-order valence-corrected chi connectivity index (χ3v) is 4.10. The number of amides is 1. The SMILES string of the molecule is CC(C)(C)OC(=O)N[C@@H](Cc1ccc2ccccc2n1)C(=O)O.CC(C)C[C@H](N)C(=O)O.[B]O. The van der Waals surface area contributed by atoms with Crippen LogP contribution in [-0.2, 0) is 20.7 Å². The zero-order valence-corrected chi connectivity index (χ0v) is 20.2. The Balaban J connectivity index is 0.000000836. The molecule has 0 bridgehead atoms. The second kappa shape index (κ2) is 14.9. The molecule has 0 saturated carbocycles. The second-order valence-corrected chi connectivity index (χ2v) is 8.81. The first kappa shape index (κ1) is 30.8. The van der Waals surface area contributed by atoms with Gasteiger partial charge in [-0.25, -0.2) is 9.59 Å². The number of aliphatic carboxylic acids is 2. The molecule has 1 aromatic heterocycles. The summed E-state index contributed by atoms with van der Waals surface area (Å²) in [5.74, 6) is -1.69. The fraction of sp³-hybridized carbons (Fsp3) is 0.478. The highest BCUT2D eigenvalue weighted by molar-refractivity contribution is 5.95. The lowest BCUT2D eigenvalue weighted by molar-refractivity contribution is -0.140. The highest BCUT2D eigenvalue weighted by Crippen LogP contribution is 2.13. The monoisotopic (exact) mass is 475 g/mol. The van der Waals surface area contributed by atoms with Gasteiger partial charge in [-0.3, -0.25) is 9.78 Å². The summed E-state index contributed by atoms with van der Waals surface area (Å²) in [6.07, 6.45) is -0.125. The Bertz CT molecular complexity index is 932. The van der Waals surface area contributed by atoms with Crippen LogP contribution in [-0.4, -0.2) is 64.0 Å². The van der Waals surface area contributed by atoms with E-state index in [2.05, 4.69) is 18.3 Å². The molecule has 0 aliphatic rings. The Morgan fingerprint density at radius 2 is 1.65 bits per heavy atom. The number of carbonyl (C=O) groups excluding carboxylic acids is 1. The van der Waals surface area contributed by atoms with E-state index in [1.54, 1.807) is 26.8 Å². The first-order valence-electron chi connectivity index (χ1n) is 10.6. The van der Waals surface area contributed by atoms with Crippen molar-refractivity contribution < 1.29 is 34.4 Å². The molecule has 2 radical (unpaired) electrons. The summed E-state index contributed by atoms with van der Waals surface area (Å²) in [6, 6.07) is 9.42. The van der Waals surface area contributed by atoms with Crippen LogP contribution in [0.2, 0.25) is 0 Å². The molecule has 1 amide bonds. The van der Waals surface area contributed by atoms with Crippen molar-refractivity contribution in [2.24, 2.45) is 11.7 Å². The lowest BCUT2D eigenvalue weighted by Gasteiger charge is -2.22. The second-order valence-electron chi connectivity index (χ2n) is 8.81. The van der Waals surface area contributed by atoms with Crippen LogP contribution in [0.3, 0.4) is 0 Å². The number of nitrogens with one attached hydrogen (secondary N) is 1. The van der Waals surface area contributed by atoms with Crippen molar-refractivity contribution in [3.8, 4) is 0 Å². The van der Waals surface area contributed by atoms with E-state index in [0.29, 0.717) is 18.0 Å². The van der Waals surface area contributed by atoms with Crippen molar-refractivity contribution in [3.05, 3.63) is 42.1 Å². The molecule has 0 aliphatic carbocycles. The summed E-state index contributed by atoms with van der Waals surface area (Å²) >= 11 is 0. The number of rotatable bonds is 7. The molecule has 186 valence electrons. The molecule has 34 heavy (non-hydrogen) atoms. The summed E-state index contributed by atoms with van der Waals surface area (Å²) in [5, 5.41) is 27.4. The summed E-state index contributed by atoms with van der Waals surface area (Å²) in [6.45, 7) is 9.04. The zero-order valence-electron chi connectivity index (χ0n) is 20.2. The molecule has 2 rings (SSSR count). The van der Waals surface area contributed by atoms with Crippen molar-refractivity contribution >= 4 is 37.0 Å². The Labute approximate surface area is 201 Å². The van der Waals surface area contributed by atoms with Crippen LogP contribution in [0.25, 0.3) is 10.9 Å². The van der Waals surface area contributed by atoms with E-state index in [1.165, 1.54) is 0 Å². The van der Waals surface area contributed by atoms with Gasteiger partial charge < -0.3 is 31.0 Å². The van der Waals surface area contributed by atoms with Crippen molar-refractivity contribution in [2.75, 3.05) is 0 Å². The first-order valence-corrected chi connectivity index (χ1v) is 10.6. The van der Waals surface area contributed by atoms with Gasteiger partial charge in [0.1, 0.15) is 17.7 Å². The van der Waals surface area contributed by atoms with Crippen LogP contribution >= 0.6 is 0 Å². The maximum Gasteiger partial charge on any atom is 0.408 e. The van der Waals surface area contributed by atoms with Gasteiger partial charge in [0, 0.05) is 17.5 Å². The van der Waals surface area contributed by atoms with Gasteiger partial charge >= 0.3 is 18.0 Å². The number of carboxylic acids is 2. The number of ether oxygens (including phenoxy) is 1. The van der Waals surface area contributed by atoms with Crippen LogP contribution < -0.4 is 11.1 Å². The van der Waals surface area contributed by atoms with E-state index in [1.807, 2.05) is 44.2 Å². The van der Waals surface area contributed by atoms with Crippen molar-refractivity contribution in [1.82, 2.24) is 10.3 Å². The van der Waals surface area contributed by atoms with Crippen molar-refractivity contribution in [3.63, 3.8) is 0 Å². The smallest absolute Gasteiger partial charge is 0.408 e. The van der Waals surface area contributed by atoms with E-state index < -0.39 is 35.7 Å². The lowest BCUT2D eigenvalue weighted by atomic mass is 10.1. The van der Waals surface area contributed by atoms with Gasteiger partial charge in [0.2, 0.25) is 0 Å². The molecule has 2 aromatic rings.